The maximum atomic E-state index is 14.0. The standard InChI is InChI=1S/C24H29F2N3O3/c1-3-27-24(28-9-8-18-10-21(26)11-19-14-30-15-31-23(18)19)29-12-16(2)32-22(13-29)17-4-6-20(25)7-5-17/h4-7,10-11,16,22H,3,8-9,12-15H2,1-2H3,(H,27,28). The van der Waals surface area contributed by atoms with E-state index >= 15 is 0 Å². The van der Waals surface area contributed by atoms with Gasteiger partial charge in [-0.25, -0.2) is 8.78 Å². The molecule has 32 heavy (non-hydrogen) atoms. The third-order valence-electron chi connectivity index (χ3n) is 5.53. The van der Waals surface area contributed by atoms with Gasteiger partial charge in [-0.05, 0) is 55.7 Å². The van der Waals surface area contributed by atoms with E-state index in [1.807, 2.05) is 13.8 Å². The molecule has 2 unspecified atom stereocenters. The molecule has 4 rings (SSSR count). The highest BCUT2D eigenvalue weighted by atomic mass is 19.1. The number of fused-ring (bicyclic) bond motifs is 1. The number of nitrogens with one attached hydrogen (secondary N) is 1. The summed E-state index contributed by atoms with van der Waals surface area (Å²) in [6.07, 6.45) is 0.370. The zero-order valence-electron chi connectivity index (χ0n) is 18.4. The molecule has 0 aliphatic carbocycles. The van der Waals surface area contributed by atoms with E-state index in [1.54, 1.807) is 12.1 Å². The van der Waals surface area contributed by atoms with E-state index in [-0.39, 0.29) is 30.6 Å². The van der Waals surface area contributed by atoms with Crippen LogP contribution in [0.2, 0.25) is 0 Å². The normalized spacial score (nSPS) is 21.1. The summed E-state index contributed by atoms with van der Waals surface area (Å²) in [5.74, 6) is 0.922. The first-order valence-corrected chi connectivity index (χ1v) is 11.0. The van der Waals surface area contributed by atoms with E-state index in [9.17, 15) is 8.78 Å². The van der Waals surface area contributed by atoms with Crippen molar-refractivity contribution >= 4 is 5.96 Å². The molecular weight excluding hydrogens is 416 g/mol. The number of benzene rings is 2. The Balaban J connectivity index is 1.48. The predicted molar refractivity (Wildman–Crippen MR) is 118 cm³/mol. The largest absolute Gasteiger partial charge is 0.467 e. The highest BCUT2D eigenvalue weighted by Gasteiger charge is 2.28. The van der Waals surface area contributed by atoms with Gasteiger partial charge >= 0.3 is 0 Å². The molecule has 8 heteroatoms. The van der Waals surface area contributed by atoms with E-state index in [4.69, 9.17) is 19.2 Å². The molecular formula is C24H29F2N3O3. The van der Waals surface area contributed by atoms with Crippen molar-refractivity contribution in [2.24, 2.45) is 4.99 Å². The zero-order chi connectivity index (χ0) is 22.5. The van der Waals surface area contributed by atoms with Crippen LogP contribution < -0.4 is 10.1 Å². The molecule has 2 aromatic rings. The summed E-state index contributed by atoms with van der Waals surface area (Å²) < 4.78 is 44.3. The minimum atomic E-state index is -0.298. The molecule has 0 amide bonds. The fourth-order valence-electron chi connectivity index (χ4n) is 4.14. The Morgan fingerprint density at radius 1 is 1.16 bits per heavy atom. The number of nitrogens with zero attached hydrogens (tertiary/aromatic N) is 2. The third-order valence-corrected chi connectivity index (χ3v) is 5.53. The van der Waals surface area contributed by atoms with Gasteiger partial charge in [0.05, 0.1) is 19.3 Å². The number of halogens is 2. The van der Waals surface area contributed by atoms with Crippen molar-refractivity contribution in [2.75, 3.05) is 33.0 Å². The third kappa shape index (κ3) is 5.37. The van der Waals surface area contributed by atoms with Crippen LogP contribution in [0.3, 0.4) is 0 Å². The van der Waals surface area contributed by atoms with Crippen LogP contribution in [0.4, 0.5) is 8.78 Å². The summed E-state index contributed by atoms with van der Waals surface area (Å²) in [5.41, 5.74) is 2.46. The molecule has 1 saturated heterocycles. The molecule has 0 saturated carbocycles. The lowest BCUT2D eigenvalue weighted by molar-refractivity contribution is -0.0605. The van der Waals surface area contributed by atoms with Crippen LogP contribution in [0.15, 0.2) is 41.4 Å². The number of aliphatic imine (C=N–C) groups is 1. The molecule has 2 heterocycles. The number of guanidine groups is 1. The van der Waals surface area contributed by atoms with Gasteiger partial charge < -0.3 is 24.4 Å². The van der Waals surface area contributed by atoms with E-state index < -0.39 is 0 Å². The molecule has 6 nitrogen and oxygen atoms in total. The number of morpholine rings is 1. The molecule has 0 radical (unpaired) electrons. The van der Waals surface area contributed by atoms with E-state index in [0.717, 1.165) is 29.2 Å². The van der Waals surface area contributed by atoms with Crippen molar-refractivity contribution in [1.82, 2.24) is 10.2 Å². The maximum absolute atomic E-state index is 14.0. The lowest BCUT2D eigenvalue weighted by Gasteiger charge is -2.38. The Bertz CT molecular complexity index is 952. The minimum Gasteiger partial charge on any atom is -0.467 e. The van der Waals surface area contributed by atoms with Gasteiger partial charge in [0.1, 0.15) is 23.5 Å². The van der Waals surface area contributed by atoms with Crippen LogP contribution in [-0.4, -0.2) is 49.9 Å². The molecule has 2 atom stereocenters. The lowest BCUT2D eigenvalue weighted by atomic mass is 10.1. The van der Waals surface area contributed by atoms with Crippen LogP contribution in [0.25, 0.3) is 0 Å². The molecule has 0 bridgehead atoms. The number of hydrogen-bond acceptors (Lipinski definition) is 4. The lowest BCUT2D eigenvalue weighted by Crippen LogP contribution is -2.50. The molecule has 1 N–H and O–H groups in total. The summed E-state index contributed by atoms with van der Waals surface area (Å²) in [6, 6.07) is 9.39. The Morgan fingerprint density at radius 3 is 2.75 bits per heavy atom. The van der Waals surface area contributed by atoms with Crippen LogP contribution in [0, 0.1) is 11.6 Å². The molecule has 2 aromatic carbocycles. The quantitative estimate of drug-likeness (QED) is 0.561. The molecule has 1 fully saturated rings. The first-order valence-electron chi connectivity index (χ1n) is 11.0. The van der Waals surface area contributed by atoms with Crippen molar-refractivity contribution in [1.29, 1.82) is 0 Å². The summed E-state index contributed by atoms with van der Waals surface area (Å²) >= 11 is 0. The molecule has 0 spiro atoms. The number of ether oxygens (including phenoxy) is 3. The van der Waals surface area contributed by atoms with Gasteiger partial charge in [0.15, 0.2) is 12.8 Å². The number of rotatable bonds is 5. The van der Waals surface area contributed by atoms with Gasteiger partial charge in [-0.3, -0.25) is 4.99 Å². The molecule has 0 aromatic heterocycles. The van der Waals surface area contributed by atoms with E-state index in [2.05, 4.69) is 10.2 Å². The average molecular weight is 446 g/mol. The first kappa shape index (κ1) is 22.5. The molecule has 2 aliphatic rings. The second-order valence-corrected chi connectivity index (χ2v) is 8.04. The van der Waals surface area contributed by atoms with Gasteiger partial charge in [0, 0.05) is 25.2 Å². The first-order chi connectivity index (χ1) is 15.5. The van der Waals surface area contributed by atoms with E-state index in [0.29, 0.717) is 38.4 Å². The summed E-state index contributed by atoms with van der Waals surface area (Å²) in [5, 5.41) is 3.35. The Hall–Kier alpha value is -2.71. The van der Waals surface area contributed by atoms with Crippen LogP contribution in [0.5, 0.6) is 5.75 Å². The SMILES string of the molecule is CCNC(=NCCc1cc(F)cc2c1OCOC2)N1CC(C)OC(c2ccc(F)cc2)C1. The zero-order valence-corrected chi connectivity index (χ0v) is 18.4. The Labute approximate surface area is 187 Å². The topological polar surface area (TPSA) is 55.3 Å². The predicted octanol–water partition coefficient (Wildman–Crippen LogP) is 3.80. The van der Waals surface area contributed by atoms with Gasteiger partial charge in [-0.1, -0.05) is 12.1 Å². The fourth-order valence-corrected chi connectivity index (χ4v) is 4.14. The van der Waals surface area contributed by atoms with Crippen molar-refractivity contribution in [3.05, 3.63) is 64.7 Å². The minimum absolute atomic E-state index is 0.00806. The smallest absolute Gasteiger partial charge is 0.194 e. The van der Waals surface area contributed by atoms with Crippen molar-refractivity contribution in [3.63, 3.8) is 0 Å². The van der Waals surface area contributed by atoms with Gasteiger partial charge in [-0.15, -0.1) is 0 Å². The van der Waals surface area contributed by atoms with Crippen LogP contribution in [0.1, 0.15) is 36.6 Å². The van der Waals surface area contributed by atoms with Gasteiger partial charge in [0.2, 0.25) is 0 Å². The second kappa shape index (κ2) is 10.3. The highest BCUT2D eigenvalue weighted by molar-refractivity contribution is 5.80. The van der Waals surface area contributed by atoms with Gasteiger partial charge in [0.25, 0.3) is 0 Å². The second-order valence-electron chi connectivity index (χ2n) is 8.04. The molecule has 2 aliphatic heterocycles. The molecule has 172 valence electrons. The van der Waals surface area contributed by atoms with Crippen molar-refractivity contribution < 1.29 is 23.0 Å². The summed E-state index contributed by atoms with van der Waals surface area (Å²) in [4.78, 5) is 6.96. The maximum Gasteiger partial charge on any atom is 0.194 e. The van der Waals surface area contributed by atoms with Gasteiger partial charge in [-0.2, -0.15) is 0 Å². The highest BCUT2D eigenvalue weighted by Crippen LogP contribution is 2.30. The average Bonchev–Trinajstić information content (AvgIpc) is 2.78. The number of hydrogen-bond donors (Lipinski definition) is 1. The fraction of sp³-hybridized carbons (Fsp3) is 0.458. The summed E-state index contributed by atoms with van der Waals surface area (Å²) in [6.45, 7) is 7.07. The van der Waals surface area contributed by atoms with Crippen molar-refractivity contribution in [2.45, 2.75) is 39.1 Å². The Kier molecular flexibility index (Phi) is 7.22. The van der Waals surface area contributed by atoms with Crippen molar-refractivity contribution in [3.8, 4) is 5.75 Å². The van der Waals surface area contributed by atoms with Crippen LogP contribution >= 0.6 is 0 Å². The Morgan fingerprint density at radius 2 is 1.97 bits per heavy atom. The monoisotopic (exact) mass is 445 g/mol. The van der Waals surface area contributed by atoms with E-state index in [1.165, 1.54) is 24.3 Å². The summed E-state index contributed by atoms with van der Waals surface area (Å²) in [7, 11) is 0. The van der Waals surface area contributed by atoms with Crippen LogP contribution in [-0.2, 0) is 22.5 Å².